The maximum absolute atomic E-state index is 11.0. The van der Waals surface area contributed by atoms with Crippen molar-refractivity contribution >= 4 is 24.4 Å². The molecule has 140 valence electrons. The van der Waals surface area contributed by atoms with E-state index in [0.29, 0.717) is 0 Å². The average Bonchev–Trinajstić information content (AvgIpc) is 2.58. The molecule has 0 spiro atoms. The molecule has 0 rings (SSSR count). The van der Waals surface area contributed by atoms with Crippen LogP contribution in [-0.2, 0) is 23.7 Å². The quantitative estimate of drug-likeness (QED) is 0.358. The SMILES string of the molecule is CCOC(=O)N=NC(=O)OCCOCCOC(=O)N=NC(=O)OCC. The van der Waals surface area contributed by atoms with Crippen molar-refractivity contribution in [2.45, 2.75) is 13.8 Å². The topological polar surface area (TPSA) is 164 Å². The van der Waals surface area contributed by atoms with Crippen LogP contribution in [0.3, 0.4) is 0 Å². The van der Waals surface area contributed by atoms with Crippen LogP contribution in [0.4, 0.5) is 19.2 Å². The lowest BCUT2D eigenvalue weighted by Gasteiger charge is -2.03. The van der Waals surface area contributed by atoms with Gasteiger partial charge in [-0.1, -0.05) is 20.5 Å². The smallest absolute Gasteiger partial charge is 0.447 e. The fourth-order valence-electron chi connectivity index (χ4n) is 1.00. The number of azo groups is 2. The molecule has 0 aliphatic carbocycles. The highest BCUT2D eigenvalue weighted by Crippen LogP contribution is 1.92. The van der Waals surface area contributed by atoms with E-state index >= 15 is 0 Å². The number of amides is 4. The van der Waals surface area contributed by atoms with Crippen molar-refractivity contribution in [2.24, 2.45) is 20.5 Å². The number of nitrogens with zero attached hydrogens (tertiary/aromatic N) is 4. The Labute approximate surface area is 142 Å². The van der Waals surface area contributed by atoms with Gasteiger partial charge in [-0.05, 0) is 13.8 Å². The summed E-state index contributed by atoms with van der Waals surface area (Å²) in [4.78, 5) is 43.6. The number of hydrogen-bond donors (Lipinski definition) is 0. The molecule has 0 aliphatic rings. The lowest BCUT2D eigenvalue weighted by molar-refractivity contribution is 0.0488. The molecule has 0 saturated heterocycles. The second-order valence-corrected chi connectivity index (χ2v) is 3.64. The van der Waals surface area contributed by atoms with E-state index < -0.39 is 24.4 Å². The summed E-state index contributed by atoms with van der Waals surface area (Å²) in [5.74, 6) is 0. The molecule has 0 heterocycles. The molecular weight excluding hydrogens is 344 g/mol. The number of hydrogen-bond acceptors (Lipinski definition) is 9. The van der Waals surface area contributed by atoms with Gasteiger partial charge in [0.15, 0.2) is 0 Å². The molecule has 0 saturated carbocycles. The molecule has 4 amide bonds. The third kappa shape index (κ3) is 14.4. The van der Waals surface area contributed by atoms with Crippen LogP contribution in [0, 0.1) is 0 Å². The summed E-state index contributed by atoms with van der Waals surface area (Å²) in [6.07, 6.45) is -4.17. The molecule has 13 heteroatoms. The normalized spacial score (nSPS) is 10.6. The van der Waals surface area contributed by atoms with E-state index in [0.717, 1.165) is 0 Å². The fraction of sp³-hybridized carbons (Fsp3) is 0.667. The maximum Gasteiger partial charge on any atom is 0.452 e. The Bertz CT molecular complexity index is 463. The third-order valence-electron chi connectivity index (χ3n) is 1.87. The van der Waals surface area contributed by atoms with E-state index in [-0.39, 0.29) is 39.6 Å². The van der Waals surface area contributed by atoms with Gasteiger partial charge in [-0.25, -0.2) is 19.2 Å². The first-order valence-electron chi connectivity index (χ1n) is 7.07. The van der Waals surface area contributed by atoms with Gasteiger partial charge >= 0.3 is 24.4 Å². The van der Waals surface area contributed by atoms with Crippen LogP contribution in [0.25, 0.3) is 0 Å². The molecule has 0 aromatic rings. The molecule has 0 unspecified atom stereocenters. The van der Waals surface area contributed by atoms with E-state index in [1.54, 1.807) is 13.8 Å². The van der Waals surface area contributed by atoms with Crippen LogP contribution < -0.4 is 0 Å². The number of ether oxygens (including phenoxy) is 5. The van der Waals surface area contributed by atoms with Gasteiger partial charge in [-0.3, -0.25) is 0 Å². The first-order valence-corrected chi connectivity index (χ1v) is 7.07. The summed E-state index contributed by atoms with van der Waals surface area (Å²) in [5, 5.41) is 11.8. The molecule has 25 heavy (non-hydrogen) atoms. The minimum Gasteiger partial charge on any atom is -0.447 e. The monoisotopic (exact) mass is 362 g/mol. The Balaban J connectivity index is 3.64. The van der Waals surface area contributed by atoms with Crippen LogP contribution >= 0.6 is 0 Å². The van der Waals surface area contributed by atoms with Crippen LogP contribution in [0.5, 0.6) is 0 Å². The molecule has 0 bridgehead atoms. The number of carbonyl (C=O) groups is 4. The summed E-state index contributed by atoms with van der Waals surface area (Å²) in [6.45, 7) is 3.03. The van der Waals surface area contributed by atoms with E-state index in [9.17, 15) is 19.2 Å². The van der Waals surface area contributed by atoms with Crippen LogP contribution in [0.15, 0.2) is 20.5 Å². The lowest BCUT2D eigenvalue weighted by Crippen LogP contribution is -2.12. The van der Waals surface area contributed by atoms with Crippen LogP contribution in [-0.4, -0.2) is 64.0 Å². The average molecular weight is 362 g/mol. The minimum atomic E-state index is -1.08. The predicted octanol–water partition coefficient (Wildman–Crippen LogP) is 2.49. The second-order valence-electron chi connectivity index (χ2n) is 3.64. The zero-order valence-corrected chi connectivity index (χ0v) is 13.7. The van der Waals surface area contributed by atoms with Crippen molar-refractivity contribution < 1.29 is 42.9 Å². The molecular formula is C12H18N4O9. The molecule has 13 nitrogen and oxygen atoms in total. The van der Waals surface area contributed by atoms with Gasteiger partial charge in [0, 0.05) is 0 Å². The second kappa shape index (κ2) is 14.6. The van der Waals surface area contributed by atoms with Crippen molar-refractivity contribution in [2.75, 3.05) is 39.6 Å². The van der Waals surface area contributed by atoms with E-state index in [1.807, 2.05) is 0 Å². The van der Waals surface area contributed by atoms with Gasteiger partial charge in [0.05, 0.1) is 26.4 Å². The largest absolute Gasteiger partial charge is 0.452 e. The number of carbonyl (C=O) groups excluding carboxylic acids is 4. The maximum atomic E-state index is 11.0. The Morgan fingerprint density at radius 3 is 1.20 bits per heavy atom. The van der Waals surface area contributed by atoms with Gasteiger partial charge < -0.3 is 23.7 Å². The van der Waals surface area contributed by atoms with E-state index in [4.69, 9.17) is 4.74 Å². The molecule has 0 fully saturated rings. The summed E-state index contributed by atoms with van der Waals surface area (Å²) < 4.78 is 22.9. The molecule has 0 radical (unpaired) electrons. The summed E-state index contributed by atoms with van der Waals surface area (Å²) in [6, 6.07) is 0. The summed E-state index contributed by atoms with van der Waals surface area (Å²) in [5.41, 5.74) is 0. The van der Waals surface area contributed by atoms with Crippen molar-refractivity contribution in [1.82, 2.24) is 0 Å². The number of rotatable bonds is 8. The first kappa shape index (κ1) is 22.0. The van der Waals surface area contributed by atoms with E-state index in [1.165, 1.54) is 0 Å². The molecule has 0 aliphatic heterocycles. The highest BCUT2D eigenvalue weighted by molar-refractivity contribution is 5.73. The molecule has 0 aromatic heterocycles. The van der Waals surface area contributed by atoms with Gasteiger partial charge in [0.1, 0.15) is 13.2 Å². The van der Waals surface area contributed by atoms with Crippen molar-refractivity contribution in [1.29, 1.82) is 0 Å². The third-order valence-corrected chi connectivity index (χ3v) is 1.87. The van der Waals surface area contributed by atoms with Gasteiger partial charge in [-0.15, -0.1) is 0 Å². The zero-order valence-electron chi connectivity index (χ0n) is 13.7. The molecule has 0 atom stereocenters. The molecule has 0 N–H and O–H groups in total. The van der Waals surface area contributed by atoms with Crippen molar-refractivity contribution in [3.63, 3.8) is 0 Å². The minimum absolute atomic E-state index is 0.0113. The van der Waals surface area contributed by atoms with Gasteiger partial charge in [-0.2, -0.15) is 0 Å². The summed E-state index contributed by atoms with van der Waals surface area (Å²) in [7, 11) is 0. The fourth-order valence-corrected chi connectivity index (χ4v) is 1.00. The zero-order chi connectivity index (χ0) is 18.9. The van der Waals surface area contributed by atoms with Crippen LogP contribution in [0.1, 0.15) is 13.8 Å². The Morgan fingerprint density at radius 1 is 0.560 bits per heavy atom. The highest BCUT2D eigenvalue weighted by atomic mass is 16.6. The standard InChI is InChI=1S/C12H18N4O9/c1-3-22-9(17)13-15-11(19)24-7-5-21-6-8-25-12(20)16-14-10(18)23-4-2/h3-8H2,1-2H3. The Hall–Kier alpha value is -2.96. The Kier molecular flexibility index (Phi) is 12.9. The Morgan fingerprint density at radius 2 is 0.880 bits per heavy atom. The van der Waals surface area contributed by atoms with E-state index in [2.05, 4.69) is 39.4 Å². The predicted molar refractivity (Wildman–Crippen MR) is 77.3 cm³/mol. The first-order chi connectivity index (χ1) is 12.0. The van der Waals surface area contributed by atoms with Gasteiger partial charge in [0.2, 0.25) is 0 Å². The highest BCUT2D eigenvalue weighted by Gasteiger charge is 2.04. The van der Waals surface area contributed by atoms with Crippen molar-refractivity contribution in [3.05, 3.63) is 0 Å². The van der Waals surface area contributed by atoms with Crippen molar-refractivity contribution in [3.8, 4) is 0 Å². The summed E-state index contributed by atoms with van der Waals surface area (Å²) >= 11 is 0. The van der Waals surface area contributed by atoms with Crippen LogP contribution in [0.2, 0.25) is 0 Å². The molecule has 0 aromatic carbocycles. The lowest BCUT2D eigenvalue weighted by atomic mass is 10.7. The van der Waals surface area contributed by atoms with Gasteiger partial charge in [0.25, 0.3) is 0 Å².